The summed E-state index contributed by atoms with van der Waals surface area (Å²) >= 11 is 3.66. The number of anilines is 2. The Morgan fingerprint density at radius 2 is 1.71 bits per heavy atom. The third kappa shape index (κ3) is 4.80. The molecule has 0 spiro atoms. The molecule has 3 aromatic rings. The van der Waals surface area contributed by atoms with Crippen molar-refractivity contribution in [2.45, 2.75) is 10.8 Å². The van der Waals surface area contributed by atoms with E-state index in [9.17, 15) is 4.21 Å². The van der Waals surface area contributed by atoms with Gasteiger partial charge in [0.1, 0.15) is 22.4 Å². The molecule has 0 aliphatic carbocycles. The van der Waals surface area contributed by atoms with Crippen LogP contribution in [0.1, 0.15) is 5.56 Å². The van der Waals surface area contributed by atoms with E-state index in [1.54, 1.807) is 18.1 Å². The highest BCUT2D eigenvalue weighted by Gasteiger charge is 2.24. The topological polar surface area (TPSA) is 75.1 Å². The van der Waals surface area contributed by atoms with Crippen molar-refractivity contribution < 1.29 is 4.21 Å². The molecule has 2 fully saturated rings. The zero-order valence-electron chi connectivity index (χ0n) is 17.1. The third-order valence-electron chi connectivity index (χ3n) is 5.41. The Morgan fingerprint density at radius 3 is 2.48 bits per heavy atom. The predicted octanol–water partition coefficient (Wildman–Crippen LogP) is 2.83. The molecule has 31 heavy (non-hydrogen) atoms. The third-order valence-corrected chi connectivity index (χ3v) is 8.68. The summed E-state index contributed by atoms with van der Waals surface area (Å²) in [5, 5.41) is 0.880. The van der Waals surface area contributed by atoms with E-state index >= 15 is 0 Å². The minimum Gasteiger partial charge on any atom is -0.353 e. The molecule has 2 aliphatic heterocycles. The first-order chi connectivity index (χ1) is 15.3. The fourth-order valence-corrected chi connectivity index (χ4v) is 6.56. The summed E-state index contributed by atoms with van der Waals surface area (Å²) in [5.41, 5.74) is 2.88. The standard InChI is InChI=1S/C21H24N6OS3/c28-31-12-8-27(9-13-31)21-24-18-17(19(25-21)26-6-10-29-11-7-26)22-15-23-20(18)30-14-16-4-2-1-3-5-16/h1-5,15H,6-14H2. The highest BCUT2D eigenvalue weighted by atomic mass is 32.2. The van der Waals surface area contributed by atoms with Gasteiger partial charge in [0.05, 0.1) is 0 Å². The van der Waals surface area contributed by atoms with Gasteiger partial charge in [0.2, 0.25) is 5.95 Å². The molecule has 10 heteroatoms. The van der Waals surface area contributed by atoms with Gasteiger partial charge in [0.15, 0.2) is 5.82 Å². The normalized spacial score (nSPS) is 17.9. The maximum Gasteiger partial charge on any atom is 0.228 e. The summed E-state index contributed by atoms with van der Waals surface area (Å²) in [6, 6.07) is 10.4. The first-order valence-electron chi connectivity index (χ1n) is 10.4. The molecule has 2 saturated heterocycles. The number of nitrogens with zero attached hydrogens (tertiary/aromatic N) is 6. The van der Waals surface area contributed by atoms with Crippen molar-refractivity contribution in [2.75, 3.05) is 59.0 Å². The molecule has 2 aromatic heterocycles. The van der Waals surface area contributed by atoms with Gasteiger partial charge in [0.25, 0.3) is 0 Å². The first kappa shape index (κ1) is 21.0. The lowest BCUT2D eigenvalue weighted by Gasteiger charge is -2.31. The number of rotatable bonds is 5. The summed E-state index contributed by atoms with van der Waals surface area (Å²) in [6.45, 7) is 3.34. The number of hydrogen-bond donors (Lipinski definition) is 0. The smallest absolute Gasteiger partial charge is 0.228 e. The van der Waals surface area contributed by atoms with Crippen LogP contribution < -0.4 is 9.80 Å². The number of hydrogen-bond acceptors (Lipinski definition) is 9. The van der Waals surface area contributed by atoms with Gasteiger partial charge in [0, 0.05) is 65.7 Å². The van der Waals surface area contributed by atoms with E-state index in [4.69, 9.17) is 9.97 Å². The lowest BCUT2D eigenvalue weighted by Crippen LogP contribution is -2.39. The molecule has 0 radical (unpaired) electrons. The van der Waals surface area contributed by atoms with Gasteiger partial charge in [-0.15, -0.1) is 0 Å². The number of benzene rings is 1. The van der Waals surface area contributed by atoms with Gasteiger partial charge in [-0.05, 0) is 5.56 Å². The summed E-state index contributed by atoms with van der Waals surface area (Å²) in [5.74, 6) is 5.93. The molecule has 4 heterocycles. The largest absolute Gasteiger partial charge is 0.353 e. The predicted molar refractivity (Wildman–Crippen MR) is 131 cm³/mol. The molecule has 2 aliphatic rings. The Bertz CT molecular complexity index is 1070. The molecule has 7 nitrogen and oxygen atoms in total. The molecule has 162 valence electrons. The summed E-state index contributed by atoms with van der Waals surface area (Å²) < 4.78 is 11.9. The van der Waals surface area contributed by atoms with Crippen molar-refractivity contribution >= 4 is 57.1 Å². The molecule has 0 unspecified atom stereocenters. The van der Waals surface area contributed by atoms with Crippen LogP contribution in [0.15, 0.2) is 41.7 Å². The second kappa shape index (κ2) is 9.70. The average Bonchev–Trinajstić information content (AvgIpc) is 2.84. The van der Waals surface area contributed by atoms with Crippen LogP contribution in [0.2, 0.25) is 0 Å². The number of fused-ring (bicyclic) bond motifs is 1. The maximum atomic E-state index is 11.9. The van der Waals surface area contributed by atoms with Crippen LogP contribution in [-0.2, 0) is 16.6 Å². The van der Waals surface area contributed by atoms with Gasteiger partial charge in [-0.2, -0.15) is 16.7 Å². The second-order valence-electron chi connectivity index (χ2n) is 7.43. The average molecular weight is 473 g/mol. The summed E-state index contributed by atoms with van der Waals surface area (Å²) in [7, 11) is -0.739. The van der Waals surface area contributed by atoms with Crippen LogP contribution in [-0.4, -0.2) is 73.3 Å². The van der Waals surface area contributed by atoms with Crippen molar-refractivity contribution in [3.8, 4) is 0 Å². The molecule has 0 bridgehead atoms. The molecule has 1 aromatic carbocycles. The molecular formula is C21H24N6OS3. The SMILES string of the molecule is O=S1CCN(c2nc(N3CCSCC3)c3ncnc(SCc4ccccc4)c3n2)CC1. The Labute approximate surface area is 192 Å². The molecule has 0 saturated carbocycles. The monoisotopic (exact) mass is 472 g/mol. The van der Waals surface area contributed by atoms with Crippen LogP contribution in [0, 0.1) is 0 Å². The fourth-order valence-electron chi connectivity index (χ4n) is 3.71. The van der Waals surface area contributed by atoms with E-state index in [0.29, 0.717) is 30.5 Å². The first-order valence-corrected chi connectivity index (χ1v) is 14.0. The molecule has 0 atom stereocenters. The van der Waals surface area contributed by atoms with Crippen LogP contribution in [0.3, 0.4) is 0 Å². The Kier molecular flexibility index (Phi) is 6.56. The Hall–Kier alpha value is -1.91. The van der Waals surface area contributed by atoms with Crippen molar-refractivity contribution in [3.63, 3.8) is 0 Å². The molecule has 0 N–H and O–H groups in total. The quantitative estimate of drug-likeness (QED) is 0.411. The number of thioether (sulfide) groups is 2. The lowest BCUT2D eigenvalue weighted by molar-refractivity contribution is 0.671. The van der Waals surface area contributed by atoms with Crippen molar-refractivity contribution in [3.05, 3.63) is 42.2 Å². The highest BCUT2D eigenvalue weighted by Crippen LogP contribution is 2.33. The maximum absolute atomic E-state index is 11.9. The van der Waals surface area contributed by atoms with Crippen LogP contribution in [0.25, 0.3) is 11.0 Å². The van der Waals surface area contributed by atoms with Gasteiger partial charge < -0.3 is 9.80 Å². The van der Waals surface area contributed by atoms with E-state index in [0.717, 1.165) is 52.2 Å². The molecule has 0 amide bonds. The van der Waals surface area contributed by atoms with Crippen LogP contribution in [0.4, 0.5) is 11.8 Å². The van der Waals surface area contributed by atoms with E-state index in [1.807, 2.05) is 17.8 Å². The van der Waals surface area contributed by atoms with Gasteiger partial charge in [-0.1, -0.05) is 42.1 Å². The minimum atomic E-state index is -0.739. The fraction of sp³-hybridized carbons (Fsp3) is 0.429. The second-order valence-corrected chi connectivity index (χ2v) is 11.3. The highest BCUT2D eigenvalue weighted by molar-refractivity contribution is 7.99. The molecule has 5 rings (SSSR count). The Morgan fingerprint density at radius 1 is 0.935 bits per heavy atom. The minimum absolute atomic E-state index is 0.665. The van der Waals surface area contributed by atoms with Crippen molar-refractivity contribution in [2.24, 2.45) is 0 Å². The Balaban J connectivity index is 1.54. The zero-order chi connectivity index (χ0) is 21.0. The van der Waals surface area contributed by atoms with Gasteiger partial charge in [-0.3, -0.25) is 4.21 Å². The van der Waals surface area contributed by atoms with Crippen molar-refractivity contribution in [1.29, 1.82) is 0 Å². The van der Waals surface area contributed by atoms with Gasteiger partial charge in [-0.25, -0.2) is 15.0 Å². The van der Waals surface area contributed by atoms with Gasteiger partial charge >= 0.3 is 0 Å². The molecular weight excluding hydrogens is 448 g/mol. The van der Waals surface area contributed by atoms with E-state index < -0.39 is 10.8 Å². The number of aromatic nitrogens is 4. The van der Waals surface area contributed by atoms with E-state index in [2.05, 4.69) is 44.0 Å². The van der Waals surface area contributed by atoms with E-state index in [1.165, 1.54) is 5.56 Å². The summed E-state index contributed by atoms with van der Waals surface area (Å²) in [4.78, 5) is 23.6. The zero-order valence-corrected chi connectivity index (χ0v) is 19.6. The van der Waals surface area contributed by atoms with Crippen LogP contribution >= 0.6 is 23.5 Å². The van der Waals surface area contributed by atoms with E-state index in [-0.39, 0.29) is 0 Å². The summed E-state index contributed by atoms with van der Waals surface area (Å²) in [6.07, 6.45) is 1.63. The van der Waals surface area contributed by atoms with Crippen molar-refractivity contribution in [1.82, 2.24) is 19.9 Å². The lowest BCUT2D eigenvalue weighted by atomic mass is 10.2. The van der Waals surface area contributed by atoms with Crippen LogP contribution in [0.5, 0.6) is 0 Å².